The first-order valence-electron chi connectivity index (χ1n) is 5.33. The Labute approximate surface area is 101 Å². The van der Waals surface area contributed by atoms with E-state index in [0.29, 0.717) is 5.69 Å². The van der Waals surface area contributed by atoms with E-state index < -0.39 is 17.1 Å². The van der Waals surface area contributed by atoms with E-state index in [1.807, 2.05) is 13.8 Å². The Hall–Kier alpha value is -1.62. The minimum Gasteiger partial charge on any atom is -0.477 e. The van der Waals surface area contributed by atoms with Gasteiger partial charge in [-0.25, -0.2) is 9.78 Å². The molecule has 5 heteroatoms. The van der Waals surface area contributed by atoms with E-state index in [4.69, 9.17) is 5.11 Å². The lowest BCUT2D eigenvalue weighted by Crippen LogP contribution is -2.51. The third-order valence-electron chi connectivity index (χ3n) is 2.97. The van der Waals surface area contributed by atoms with Crippen LogP contribution in [-0.4, -0.2) is 32.3 Å². The highest BCUT2D eigenvalue weighted by Crippen LogP contribution is 2.25. The fourth-order valence-corrected chi connectivity index (χ4v) is 1.11. The number of aliphatic hydroxyl groups is 1. The molecule has 0 saturated carbocycles. The van der Waals surface area contributed by atoms with Gasteiger partial charge >= 0.3 is 5.97 Å². The molecule has 1 heterocycles. The molecule has 94 valence electrons. The van der Waals surface area contributed by atoms with Crippen molar-refractivity contribution < 1.29 is 15.0 Å². The number of aromatic carboxylic acids is 1. The van der Waals surface area contributed by atoms with E-state index in [1.54, 1.807) is 19.9 Å². The zero-order valence-electron chi connectivity index (χ0n) is 10.5. The largest absolute Gasteiger partial charge is 0.477 e. The molecular formula is C12H18N2O3. The Kier molecular flexibility index (Phi) is 3.43. The average molecular weight is 238 g/mol. The van der Waals surface area contributed by atoms with Gasteiger partial charge in [-0.15, -0.1) is 0 Å². The van der Waals surface area contributed by atoms with Crippen LogP contribution >= 0.6 is 0 Å². The summed E-state index contributed by atoms with van der Waals surface area (Å²) in [7, 11) is 0. The number of aromatic nitrogens is 1. The molecular weight excluding hydrogens is 220 g/mol. The van der Waals surface area contributed by atoms with Crippen LogP contribution in [-0.2, 0) is 0 Å². The normalized spacial score (nSPS) is 12.3. The average Bonchev–Trinajstić information content (AvgIpc) is 2.16. The number of carbonyl (C=O) groups is 1. The molecule has 1 aromatic rings. The van der Waals surface area contributed by atoms with Gasteiger partial charge in [0.05, 0.1) is 23.0 Å². The smallest absolute Gasteiger partial charge is 0.354 e. The number of nitrogens with zero attached hydrogens (tertiary/aromatic N) is 1. The number of nitrogens with one attached hydrogen (secondary N) is 1. The van der Waals surface area contributed by atoms with Crippen LogP contribution in [0, 0.1) is 0 Å². The minimum atomic E-state index is -1.06. The maximum absolute atomic E-state index is 10.6. The van der Waals surface area contributed by atoms with Crippen molar-refractivity contribution in [2.75, 3.05) is 5.32 Å². The topological polar surface area (TPSA) is 82.5 Å². The summed E-state index contributed by atoms with van der Waals surface area (Å²) >= 11 is 0. The van der Waals surface area contributed by atoms with E-state index in [2.05, 4.69) is 10.3 Å². The molecule has 1 aromatic heterocycles. The van der Waals surface area contributed by atoms with Crippen molar-refractivity contribution in [3.05, 3.63) is 24.0 Å². The molecule has 0 spiro atoms. The van der Waals surface area contributed by atoms with Crippen molar-refractivity contribution in [1.82, 2.24) is 4.98 Å². The SMILES string of the molecule is CC(C)(O)C(C)(C)Nc1ccc(C(=O)O)nc1. The molecule has 0 aliphatic rings. The molecule has 0 atom stereocenters. The Morgan fingerprint density at radius 2 is 1.88 bits per heavy atom. The molecule has 17 heavy (non-hydrogen) atoms. The Bertz CT molecular complexity index is 405. The first-order chi connectivity index (χ1) is 7.63. The molecule has 0 aliphatic carbocycles. The third-order valence-corrected chi connectivity index (χ3v) is 2.97. The number of rotatable bonds is 4. The van der Waals surface area contributed by atoms with Gasteiger partial charge < -0.3 is 15.5 Å². The number of carboxylic acid groups (broad SMARTS) is 1. The number of pyridine rings is 1. The number of anilines is 1. The van der Waals surface area contributed by atoms with Gasteiger partial charge in [-0.3, -0.25) is 0 Å². The van der Waals surface area contributed by atoms with Crippen molar-refractivity contribution in [2.45, 2.75) is 38.8 Å². The van der Waals surface area contributed by atoms with Gasteiger partial charge in [-0.2, -0.15) is 0 Å². The van der Waals surface area contributed by atoms with E-state index >= 15 is 0 Å². The number of carboxylic acids is 1. The zero-order valence-corrected chi connectivity index (χ0v) is 10.5. The van der Waals surface area contributed by atoms with Crippen LogP contribution < -0.4 is 5.32 Å². The summed E-state index contributed by atoms with van der Waals surface area (Å²) in [6.07, 6.45) is 1.44. The van der Waals surface area contributed by atoms with Crippen LogP contribution in [0.15, 0.2) is 18.3 Å². The van der Waals surface area contributed by atoms with Gasteiger partial charge in [-0.1, -0.05) is 0 Å². The van der Waals surface area contributed by atoms with E-state index in [-0.39, 0.29) is 5.69 Å². The molecule has 0 radical (unpaired) electrons. The van der Waals surface area contributed by atoms with Gasteiger partial charge in [-0.05, 0) is 39.8 Å². The summed E-state index contributed by atoms with van der Waals surface area (Å²) in [5, 5.41) is 21.8. The van der Waals surface area contributed by atoms with Crippen molar-refractivity contribution in [1.29, 1.82) is 0 Å². The standard InChI is InChI=1S/C12H18N2O3/c1-11(2,12(3,4)17)14-8-5-6-9(10(15)16)13-7-8/h5-7,14,17H,1-4H3,(H,15,16). The zero-order chi connectivity index (χ0) is 13.3. The molecule has 0 bridgehead atoms. The van der Waals surface area contributed by atoms with Crippen LogP contribution in [0.4, 0.5) is 5.69 Å². The van der Waals surface area contributed by atoms with Crippen molar-refractivity contribution in [3.63, 3.8) is 0 Å². The van der Waals surface area contributed by atoms with E-state index in [1.165, 1.54) is 12.3 Å². The fourth-order valence-electron chi connectivity index (χ4n) is 1.11. The lowest BCUT2D eigenvalue weighted by molar-refractivity contribution is 0.0240. The molecule has 5 nitrogen and oxygen atoms in total. The predicted molar refractivity (Wildman–Crippen MR) is 65.2 cm³/mol. The van der Waals surface area contributed by atoms with E-state index in [9.17, 15) is 9.90 Å². The van der Waals surface area contributed by atoms with Crippen LogP contribution in [0.1, 0.15) is 38.2 Å². The number of hydrogen-bond donors (Lipinski definition) is 3. The molecule has 0 aliphatic heterocycles. The maximum atomic E-state index is 10.6. The summed E-state index contributed by atoms with van der Waals surface area (Å²) in [6, 6.07) is 3.05. The first-order valence-corrected chi connectivity index (χ1v) is 5.33. The van der Waals surface area contributed by atoms with E-state index in [0.717, 1.165) is 0 Å². The molecule has 1 rings (SSSR count). The van der Waals surface area contributed by atoms with Crippen LogP contribution in [0.2, 0.25) is 0 Å². The summed E-state index contributed by atoms with van der Waals surface area (Å²) in [5.74, 6) is -1.06. The predicted octanol–water partition coefficient (Wildman–Crippen LogP) is 1.74. The molecule has 0 amide bonds. The van der Waals surface area contributed by atoms with Gasteiger partial charge in [0, 0.05) is 0 Å². The minimum absolute atomic E-state index is 0.00313. The van der Waals surface area contributed by atoms with Crippen molar-refractivity contribution in [2.24, 2.45) is 0 Å². The monoisotopic (exact) mass is 238 g/mol. The molecule has 0 unspecified atom stereocenters. The summed E-state index contributed by atoms with van der Waals surface area (Å²) in [5.41, 5.74) is -0.809. The summed E-state index contributed by atoms with van der Waals surface area (Å²) in [6.45, 7) is 7.13. The lowest BCUT2D eigenvalue weighted by atomic mass is 9.86. The van der Waals surface area contributed by atoms with Gasteiger partial charge in [0.1, 0.15) is 5.69 Å². The summed E-state index contributed by atoms with van der Waals surface area (Å²) < 4.78 is 0. The maximum Gasteiger partial charge on any atom is 0.354 e. The number of hydrogen-bond acceptors (Lipinski definition) is 4. The van der Waals surface area contributed by atoms with Gasteiger partial charge in [0.15, 0.2) is 0 Å². The van der Waals surface area contributed by atoms with Gasteiger partial charge in [0.2, 0.25) is 0 Å². The molecule has 0 aromatic carbocycles. The van der Waals surface area contributed by atoms with Crippen molar-refractivity contribution in [3.8, 4) is 0 Å². The van der Waals surface area contributed by atoms with Crippen LogP contribution in [0.3, 0.4) is 0 Å². The first kappa shape index (κ1) is 13.4. The Morgan fingerprint density at radius 3 is 2.24 bits per heavy atom. The molecule has 3 N–H and O–H groups in total. The van der Waals surface area contributed by atoms with Crippen molar-refractivity contribution >= 4 is 11.7 Å². The Balaban J connectivity index is 2.86. The highest BCUT2D eigenvalue weighted by atomic mass is 16.4. The lowest BCUT2D eigenvalue weighted by Gasteiger charge is -2.38. The van der Waals surface area contributed by atoms with Crippen LogP contribution in [0.25, 0.3) is 0 Å². The molecule has 0 fully saturated rings. The molecule has 0 saturated heterocycles. The second-order valence-corrected chi connectivity index (χ2v) is 5.05. The fraction of sp³-hybridized carbons (Fsp3) is 0.500. The second kappa shape index (κ2) is 4.33. The Morgan fingerprint density at radius 1 is 1.29 bits per heavy atom. The van der Waals surface area contributed by atoms with Crippen LogP contribution in [0.5, 0.6) is 0 Å². The summed E-state index contributed by atoms with van der Waals surface area (Å²) in [4.78, 5) is 14.4. The third kappa shape index (κ3) is 3.17. The van der Waals surface area contributed by atoms with Gasteiger partial charge in [0.25, 0.3) is 0 Å². The highest BCUT2D eigenvalue weighted by Gasteiger charge is 2.34. The second-order valence-electron chi connectivity index (χ2n) is 5.05. The highest BCUT2D eigenvalue weighted by molar-refractivity contribution is 5.85. The quantitative estimate of drug-likeness (QED) is 0.744.